The van der Waals surface area contributed by atoms with Crippen LogP contribution in [0.3, 0.4) is 0 Å². The lowest BCUT2D eigenvalue weighted by Crippen LogP contribution is -1.91. The fourth-order valence-corrected chi connectivity index (χ4v) is 1.54. The van der Waals surface area contributed by atoms with Crippen LogP contribution in [-0.2, 0) is 6.42 Å². The molecule has 0 spiro atoms. The molecule has 0 unspecified atom stereocenters. The Bertz CT molecular complexity index is 331. The van der Waals surface area contributed by atoms with Gasteiger partial charge in [-0.25, -0.2) is 0 Å². The molecule has 2 N–H and O–H groups in total. The number of nitrogen functional groups attached to an aromatic ring is 1. The van der Waals surface area contributed by atoms with Crippen molar-refractivity contribution in [1.29, 1.82) is 0 Å². The van der Waals surface area contributed by atoms with Gasteiger partial charge in [-0.1, -0.05) is 18.7 Å². The number of ether oxygens (including phenoxy) is 1. The summed E-state index contributed by atoms with van der Waals surface area (Å²) < 4.78 is 5.40. The van der Waals surface area contributed by atoms with Crippen LogP contribution in [-0.4, -0.2) is 6.61 Å². The topological polar surface area (TPSA) is 35.2 Å². The van der Waals surface area contributed by atoms with E-state index in [2.05, 4.69) is 6.58 Å². The first-order valence-electron chi connectivity index (χ1n) is 3.99. The summed E-state index contributed by atoms with van der Waals surface area (Å²) in [7, 11) is 0. The molecular formula is C10H11NO. The molecule has 2 rings (SSSR count). The van der Waals surface area contributed by atoms with Gasteiger partial charge in [-0.15, -0.1) is 0 Å². The Hall–Kier alpha value is -1.44. The fourth-order valence-electron chi connectivity index (χ4n) is 1.54. The third-order valence-corrected chi connectivity index (χ3v) is 2.15. The lowest BCUT2D eigenvalue weighted by Gasteiger charge is -2.05. The van der Waals surface area contributed by atoms with Crippen molar-refractivity contribution in [3.8, 4) is 5.75 Å². The third kappa shape index (κ3) is 0.881. The molecule has 1 aliphatic heterocycles. The molecule has 2 nitrogen and oxygen atoms in total. The summed E-state index contributed by atoms with van der Waals surface area (Å²) in [6, 6.07) is 3.84. The van der Waals surface area contributed by atoms with E-state index in [0.29, 0.717) is 0 Å². The lowest BCUT2D eigenvalue weighted by molar-refractivity contribution is 0.358. The van der Waals surface area contributed by atoms with E-state index in [1.807, 2.05) is 18.2 Å². The van der Waals surface area contributed by atoms with E-state index in [1.54, 1.807) is 0 Å². The molecule has 1 aromatic rings. The zero-order valence-corrected chi connectivity index (χ0v) is 6.84. The molecule has 0 aromatic heterocycles. The van der Waals surface area contributed by atoms with Crippen LogP contribution >= 0.6 is 0 Å². The van der Waals surface area contributed by atoms with Gasteiger partial charge in [0, 0.05) is 12.0 Å². The molecule has 1 aliphatic rings. The first kappa shape index (κ1) is 7.22. The predicted octanol–water partition coefficient (Wildman–Crippen LogP) is 1.85. The Balaban J connectivity index is 2.64. The van der Waals surface area contributed by atoms with Crippen molar-refractivity contribution >= 4 is 11.8 Å². The first-order valence-corrected chi connectivity index (χ1v) is 3.99. The number of anilines is 1. The zero-order valence-electron chi connectivity index (χ0n) is 6.84. The fraction of sp³-hybridized carbons (Fsp3) is 0.200. The SMILES string of the molecule is C=Cc1ccc(N)c2c1CCO2. The van der Waals surface area contributed by atoms with Crippen LogP contribution in [0.2, 0.25) is 0 Å². The van der Waals surface area contributed by atoms with Crippen molar-refractivity contribution in [2.24, 2.45) is 0 Å². The van der Waals surface area contributed by atoms with Crippen LogP contribution in [0.1, 0.15) is 11.1 Å². The number of nitrogens with two attached hydrogens (primary N) is 1. The van der Waals surface area contributed by atoms with Crippen LogP contribution in [0.4, 0.5) is 5.69 Å². The Kier molecular flexibility index (Phi) is 1.54. The maximum absolute atomic E-state index is 5.74. The average molecular weight is 161 g/mol. The molecule has 62 valence electrons. The molecule has 0 amide bonds. The number of hydrogen-bond acceptors (Lipinski definition) is 2. The summed E-state index contributed by atoms with van der Waals surface area (Å²) >= 11 is 0. The summed E-state index contributed by atoms with van der Waals surface area (Å²) in [4.78, 5) is 0. The second-order valence-corrected chi connectivity index (χ2v) is 2.85. The average Bonchev–Trinajstić information content (AvgIpc) is 2.54. The van der Waals surface area contributed by atoms with Gasteiger partial charge in [-0.2, -0.15) is 0 Å². The Labute approximate surface area is 71.6 Å². The van der Waals surface area contributed by atoms with Gasteiger partial charge in [-0.3, -0.25) is 0 Å². The highest BCUT2D eigenvalue weighted by molar-refractivity contribution is 5.67. The Morgan fingerprint density at radius 1 is 1.50 bits per heavy atom. The molecule has 0 fully saturated rings. The second kappa shape index (κ2) is 2.55. The number of fused-ring (bicyclic) bond motifs is 1. The minimum atomic E-state index is 0.730. The third-order valence-electron chi connectivity index (χ3n) is 2.15. The number of hydrogen-bond donors (Lipinski definition) is 1. The van der Waals surface area contributed by atoms with Crippen LogP contribution in [0, 0.1) is 0 Å². The van der Waals surface area contributed by atoms with Gasteiger partial charge < -0.3 is 10.5 Å². The molecule has 1 heterocycles. The van der Waals surface area contributed by atoms with Gasteiger partial charge in [0.15, 0.2) is 0 Å². The van der Waals surface area contributed by atoms with E-state index >= 15 is 0 Å². The molecule has 0 saturated carbocycles. The summed E-state index contributed by atoms with van der Waals surface area (Å²) in [5, 5.41) is 0. The molecule has 2 heteroatoms. The van der Waals surface area contributed by atoms with E-state index < -0.39 is 0 Å². The highest BCUT2D eigenvalue weighted by Crippen LogP contribution is 2.34. The maximum Gasteiger partial charge on any atom is 0.146 e. The number of benzene rings is 1. The summed E-state index contributed by atoms with van der Waals surface area (Å²) in [6.07, 6.45) is 2.79. The molecule has 0 bridgehead atoms. The van der Waals surface area contributed by atoms with Gasteiger partial charge in [-0.05, 0) is 11.6 Å². The minimum Gasteiger partial charge on any atom is -0.491 e. The van der Waals surface area contributed by atoms with Crippen molar-refractivity contribution in [2.75, 3.05) is 12.3 Å². The predicted molar refractivity (Wildman–Crippen MR) is 50.1 cm³/mol. The van der Waals surface area contributed by atoms with E-state index in [4.69, 9.17) is 10.5 Å². The quantitative estimate of drug-likeness (QED) is 0.638. The molecule has 0 saturated heterocycles. The monoisotopic (exact) mass is 161 g/mol. The Morgan fingerprint density at radius 2 is 2.33 bits per heavy atom. The van der Waals surface area contributed by atoms with E-state index in [9.17, 15) is 0 Å². The molecule has 1 aromatic carbocycles. The molecule has 0 radical (unpaired) electrons. The second-order valence-electron chi connectivity index (χ2n) is 2.85. The molecular weight excluding hydrogens is 150 g/mol. The standard InChI is InChI=1S/C10H11NO/c1-2-7-3-4-9(11)10-8(7)5-6-12-10/h2-4H,1,5-6,11H2. The van der Waals surface area contributed by atoms with Crippen LogP contribution < -0.4 is 10.5 Å². The van der Waals surface area contributed by atoms with Gasteiger partial charge in [0.1, 0.15) is 5.75 Å². The van der Waals surface area contributed by atoms with Crippen LogP contribution in [0.25, 0.3) is 6.08 Å². The van der Waals surface area contributed by atoms with E-state index in [1.165, 1.54) is 5.56 Å². The van der Waals surface area contributed by atoms with Crippen molar-refractivity contribution in [1.82, 2.24) is 0 Å². The van der Waals surface area contributed by atoms with Crippen molar-refractivity contribution in [3.63, 3.8) is 0 Å². The van der Waals surface area contributed by atoms with Gasteiger partial charge in [0.25, 0.3) is 0 Å². The van der Waals surface area contributed by atoms with Crippen molar-refractivity contribution < 1.29 is 4.74 Å². The number of rotatable bonds is 1. The van der Waals surface area contributed by atoms with E-state index in [0.717, 1.165) is 30.0 Å². The van der Waals surface area contributed by atoms with Crippen LogP contribution in [0.15, 0.2) is 18.7 Å². The van der Waals surface area contributed by atoms with Gasteiger partial charge in [0.2, 0.25) is 0 Å². The van der Waals surface area contributed by atoms with Crippen molar-refractivity contribution in [3.05, 3.63) is 29.8 Å². The molecule has 12 heavy (non-hydrogen) atoms. The summed E-state index contributed by atoms with van der Waals surface area (Å²) in [5.74, 6) is 0.854. The smallest absolute Gasteiger partial charge is 0.146 e. The van der Waals surface area contributed by atoms with Crippen molar-refractivity contribution in [2.45, 2.75) is 6.42 Å². The van der Waals surface area contributed by atoms with Crippen LogP contribution in [0.5, 0.6) is 5.75 Å². The first-order chi connectivity index (χ1) is 5.83. The summed E-state index contributed by atoms with van der Waals surface area (Å²) in [5.41, 5.74) is 8.80. The maximum atomic E-state index is 5.74. The lowest BCUT2D eigenvalue weighted by atomic mass is 10.0. The minimum absolute atomic E-state index is 0.730. The van der Waals surface area contributed by atoms with Gasteiger partial charge >= 0.3 is 0 Å². The highest BCUT2D eigenvalue weighted by Gasteiger charge is 2.17. The van der Waals surface area contributed by atoms with Gasteiger partial charge in [0.05, 0.1) is 12.3 Å². The molecule has 0 aliphatic carbocycles. The molecule has 0 atom stereocenters. The summed E-state index contributed by atoms with van der Waals surface area (Å²) in [6.45, 7) is 4.48. The largest absolute Gasteiger partial charge is 0.491 e. The normalized spacial score (nSPS) is 13.7. The van der Waals surface area contributed by atoms with E-state index in [-0.39, 0.29) is 0 Å². The highest BCUT2D eigenvalue weighted by atomic mass is 16.5. The zero-order chi connectivity index (χ0) is 8.55. The Morgan fingerprint density at radius 3 is 3.08 bits per heavy atom.